The van der Waals surface area contributed by atoms with Crippen molar-refractivity contribution in [3.8, 4) is 11.4 Å². The van der Waals surface area contributed by atoms with E-state index in [1.54, 1.807) is 12.1 Å². The van der Waals surface area contributed by atoms with Crippen molar-refractivity contribution < 1.29 is 9.53 Å². The lowest BCUT2D eigenvalue weighted by molar-refractivity contribution is -0.110. The van der Waals surface area contributed by atoms with Crippen LogP contribution in [0, 0.1) is 0 Å². The summed E-state index contributed by atoms with van der Waals surface area (Å²) in [5.41, 5.74) is 5.73. The normalized spacial score (nSPS) is 14.3. The summed E-state index contributed by atoms with van der Waals surface area (Å²) in [6, 6.07) is 25.4. The van der Waals surface area contributed by atoms with Gasteiger partial charge >= 0.3 is 0 Å². The summed E-state index contributed by atoms with van der Waals surface area (Å²) in [7, 11) is 0. The van der Waals surface area contributed by atoms with Crippen LogP contribution in [0.2, 0.25) is 5.02 Å². The summed E-state index contributed by atoms with van der Waals surface area (Å²) in [6.45, 7) is 1.68. The number of hydrazone groups is 1. The van der Waals surface area contributed by atoms with Crippen molar-refractivity contribution >= 4 is 39.9 Å². The second kappa shape index (κ2) is 13.0. The highest BCUT2D eigenvalue weighted by atomic mass is 35.5. The molecule has 1 aromatic heterocycles. The number of Topliss-reactive ketones (excluding diaryl/α,β-unsaturated/α-hetero) is 1. The van der Waals surface area contributed by atoms with Gasteiger partial charge in [0, 0.05) is 12.6 Å². The molecule has 0 unspecified atom stereocenters. The number of carbonyl (C=O) groups is 1. The van der Waals surface area contributed by atoms with Crippen molar-refractivity contribution in [1.29, 1.82) is 0 Å². The Hall–Kier alpha value is -3.62. The molecule has 39 heavy (non-hydrogen) atoms. The molecule has 0 saturated heterocycles. The van der Waals surface area contributed by atoms with Crippen LogP contribution in [-0.2, 0) is 11.4 Å². The third-order valence-electron chi connectivity index (χ3n) is 6.68. The van der Waals surface area contributed by atoms with Crippen LogP contribution in [0.5, 0.6) is 5.75 Å². The number of rotatable bonds is 9. The van der Waals surface area contributed by atoms with Gasteiger partial charge in [-0.15, -0.1) is 10.2 Å². The molecule has 0 spiro atoms. The SMILES string of the molecule is CC(=O)C(=NNc1ccccc1Cl)Sc1nnc(COc2ccc(C3CCCCC3)cc2)n1-c1ccccc1. The molecule has 7 nitrogen and oxygen atoms in total. The molecule has 1 saturated carbocycles. The zero-order valence-corrected chi connectivity index (χ0v) is 23.3. The number of benzene rings is 3. The van der Waals surface area contributed by atoms with Crippen LogP contribution in [0.1, 0.15) is 56.3 Å². The highest BCUT2D eigenvalue weighted by Crippen LogP contribution is 2.33. The van der Waals surface area contributed by atoms with E-state index in [4.69, 9.17) is 16.3 Å². The first kappa shape index (κ1) is 27.0. The van der Waals surface area contributed by atoms with E-state index in [1.165, 1.54) is 44.6 Å². The Kier molecular flexibility index (Phi) is 8.96. The van der Waals surface area contributed by atoms with E-state index >= 15 is 0 Å². The second-order valence-corrected chi connectivity index (χ2v) is 10.8. The average Bonchev–Trinajstić information content (AvgIpc) is 3.38. The lowest BCUT2D eigenvalue weighted by Crippen LogP contribution is -2.11. The van der Waals surface area contributed by atoms with Crippen molar-refractivity contribution in [1.82, 2.24) is 14.8 Å². The number of ketones is 1. The fourth-order valence-corrected chi connectivity index (χ4v) is 5.61. The number of ether oxygens (including phenoxy) is 1. The quantitative estimate of drug-likeness (QED) is 0.0981. The Labute approximate surface area is 237 Å². The van der Waals surface area contributed by atoms with E-state index in [0.717, 1.165) is 23.2 Å². The van der Waals surface area contributed by atoms with Crippen LogP contribution in [0.15, 0.2) is 89.1 Å². The number of anilines is 1. The van der Waals surface area contributed by atoms with Crippen LogP contribution in [0.25, 0.3) is 5.69 Å². The molecule has 5 rings (SSSR count). The molecule has 1 fully saturated rings. The zero-order valence-electron chi connectivity index (χ0n) is 21.7. The maximum absolute atomic E-state index is 12.5. The third-order valence-corrected chi connectivity index (χ3v) is 8.03. The van der Waals surface area contributed by atoms with Gasteiger partial charge in [-0.05, 0) is 72.5 Å². The standard InChI is InChI=1S/C30H30ClN5O2S/c1-21(37)29(34-32-27-15-9-8-14-26(27)31)39-30-35-33-28(36(30)24-12-6-3-7-13-24)20-38-25-18-16-23(17-19-25)22-10-4-2-5-11-22/h3,6-9,12-19,22,32H,2,4-5,10-11,20H2,1H3. The lowest BCUT2D eigenvalue weighted by Gasteiger charge is -2.22. The van der Waals surface area contributed by atoms with Crippen LogP contribution < -0.4 is 10.2 Å². The Balaban J connectivity index is 1.35. The van der Waals surface area contributed by atoms with Crippen molar-refractivity contribution in [3.63, 3.8) is 0 Å². The van der Waals surface area contributed by atoms with E-state index in [2.05, 4.69) is 32.9 Å². The van der Waals surface area contributed by atoms with Gasteiger partial charge in [-0.3, -0.25) is 14.8 Å². The first-order chi connectivity index (χ1) is 19.1. The van der Waals surface area contributed by atoms with Crippen LogP contribution in [0.3, 0.4) is 0 Å². The van der Waals surface area contributed by atoms with E-state index in [1.807, 2.05) is 59.2 Å². The van der Waals surface area contributed by atoms with Crippen molar-refractivity contribution in [2.45, 2.75) is 56.7 Å². The van der Waals surface area contributed by atoms with E-state index in [0.29, 0.717) is 27.6 Å². The molecule has 0 amide bonds. The maximum atomic E-state index is 12.5. The second-order valence-electron chi connectivity index (χ2n) is 9.43. The lowest BCUT2D eigenvalue weighted by atomic mass is 9.84. The fraction of sp³-hybridized carbons (Fsp3) is 0.267. The van der Waals surface area contributed by atoms with Gasteiger partial charge < -0.3 is 4.74 Å². The third kappa shape index (κ3) is 6.88. The maximum Gasteiger partial charge on any atom is 0.202 e. The molecule has 0 atom stereocenters. The summed E-state index contributed by atoms with van der Waals surface area (Å²) in [5.74, 6) is 1.83. The first-order valence-electron chi connectivity index (χ1n) is 13.1. The molecule has 3 aromatic carbocycles. The zero-order chi connectivity index (χ0) is 27.0. The summed E-state index contributed by atoms with van der Waals surface area (Å²) in [5, 5.41) is 14.3. The minimum atomic E-state index is -0.210. The van der Waals surface area contributed by atoms with E-state index < -0.39 is 0 Å². The van der Waals surface area contributed by atoms with E-state index in [-0.39, 0.29) is 17.4 Å². The molecule has 0 radical (unpaired) electrons. The molecule has 0 aliphatic heterocycles. The van der Waals surface area contributed by atoms with Crippen molar-refractivity contribution in [2.75, 3.05) is 5.43 Å². The van der Waals surface area contributed by atoms with Crippen LogP contribution in [-0.4, -0.2) is 25.6 Å². The Morgan fingerprint density at radius 1 is 1.00 bits per heavy atom. The number of nitrogens with zero attached hydrogens (tertiary/aromatic N) is 4. The number of nitrogens with one attached hydrogen (secondary N) is 1. The number of hydrogen-bond donors (Lipinski definition) is 1. The molecule has 9 heteroatoms. The van der Waals surface area contributed by atoms with Gasteiger partial charge in [0.15, 0.2) is 16.7 Å². The summed E-state index contributed by atoms with van der Waals surface area (Å²) >= 11 is 7.36. The predicted molar refractivity (Wildman–Crippen MR) is 157 cm³/mol. The summed E-state index contributed by atoms with van der Waals surface area (Å²) in [6.07, 6.45) is 6.49. The number of carbonyl (C=O) groups excluding carboxylic acids is 1. The largest absolute Gasteiger partial charge is 0.486 e. The number of hydrogen-bond acceptors (Lipinski definition) is 7. The number of aromatic nitrogens is 3. The molecule has 1 aliphatic carbocycles. The minimum absolute atomic E-state index is 0.210. The van der Waals surface area contributed by atoms with E-state index in [9.17, 15) is 4.79 Å². The molecule has 1 heterocycles. The first-order valence-corrected chi connectivity index (χ1v) is 14.3. The molecule has 4 aromatic rings. The monoisotopic (exact) mass is 559 g/mol. The number of thioether (sulfide) groups is 1. The van der Waals surface area contributed by atoms with Gasteiger partial charge in [0.2, 0.25) is 5.16 Å². The van der Waals surface area contributed by atoms with Gasteiger partial charge in [-0.1, -0.05) is 73.3 Å². The molecule has 200 valence electrons. The van der Waals surface area contributed by atoms with Gasteiger partial charge in [0.05, 0.1) is 10.7 Å². The Morgan fingerprint density at radius 3 is 2.44 bits per heavy atom. The highest BCUT2D eigenvalue weighted by molar-refractivity contribution is 8.15. The topological polar surface area (TPSA) is 81.4 Å². The fourth-order valence-electron chi connectivity index (χ4n) is 4.64. The van der Waals surface area contributed by atoms with Crippen LogP contribution in [0.4, 0.5) is 5.69 Å². The van der Waals surface area contributed by atoms with Gasteiger partial charge in [0.25, 0.3) is 0 Å². The number of para-hydroxylation sites is 2. The smallest absolute Gasteiger partial charge is 0.202 e. The Bertz CT molecular complexity index is 1430. The molecular formula is C30H30ClN5O2S. The van der Waals surface area contributed by atoms with Gasteiger partial charge in [-0.2, -0.15) is 5.10 Å². The van der Waals surface area contributed by atoms with Gasteiger partial charge in [-0.25, -0.2) is 0 Å². The summed E-state index contributed by atoms with van der Waals surface area (Å²) < 4.78 is 8.01. The molecule has 1 aliphatic rings. The van der Waals surface area contributed by atoms with Crippen molar-refractivity contribution in [3.05, 3.63) is 95.3 Å². The van der Waals surface area contributed by atoms with Crippen molar-refractivity contribution in [2.24, 2.45) is 5.10 Å². The van der Waals surface area contributed by atoms with Gasteiger partial charge in [0.1, 0.15) is 12.4 Å². The molecule has 1 N–H and O–H groups in total. The molecular weight excluding hydrogens is 530 g/mol. The minimum Gasteiger partial charge on any atom is -0.486 e. The molecule has 0 bridgehead atoms. The summed E-state index contributed by atoms with van der Waals surface area (Å²) in [4.78, 5) is 12.5. The average molecular weight is 560 g/mol. The number of halogens is 1. The Morgan fingerprint density at radius 2 is 1.72 bits per heavy atom. The highest BCUT2D eigenvalue weighted by Gasteiger charge is 2.20. The van der Waals surface area contributed by atoms with Crippen LogP contribution >= 0.6 is 23.4 Å². The predicted octanol–water partition coefficient (Wildman–Crippen LogP) is 7.65.